The first-order chi connectivity index (χ1) is 12.3. The second-order valence-electron chi connectivity index (χ2n) is 6.01. The standard InChI is InChI=1S/C18H17FN2O4S/c1-12(22)13-2-8-16(9-3-13)26(24,25)20-17-10-11-21(18(17)23)15-6-4-14(19)5-7-15/h2-9,17,20H,10-11H2,1H3/t17-/m1/s1. The van der Waals surface area contributed by atoms with Crippen LogP contribution in [-0.4, -0.2) is 32.7 Å². The predicted molar refractivity (Wildman–Crippen MR) is 93.9 cm³/mol. The van der Waals surface area contributed by atoms with Gasteiger partial charge in [0.15, 0.2) is 5.78 Å². The zero-order valence-electron chi connectivity index (χ0n) is 14.0. The van der Waals surface area contributed by atoms with Crippen molar-refractivity contribution in [3.05, 3.63) is 59.9 Å². The molecule has 26 heavy (non-hydrogen) atoms. The van der Waals surface area contributed by atoms with Crippen LogP contribution in [0.4, 0.5) is 10.1 Å². The van der Waals surface area contributed by atoms with E-state index < -0.39 is 21.9 Å². The molecule has 8 heteroatoms. The molecule has 0 aliphatic carbocycles. The molecule has 1 aliphatic heterocycles. The van der Waals surface area contributed by atoms with E-state index in [4.69, 9.17) is 0 Å². The molecule has 1 N–H and O–H groups in total. The van der Waals surface area contributed by atoms with Gasteiger partial charge in [0, 0.05) is 17.8 Å². The summed E-state index contributed by atoms with van der Waals surface area (Å²) < 4.78 is 40.4. The highest BCUT2D eigenvalue weighted by atomic mass is 32.2. The van der Waals surface area contributed by atoms with Crippen molar-refractivity contribution in [1.29, 1.82) is 0 Å². The average molecular weight is 376 g/mol. The lowest BCUT2D eigenvalue weighted by atomic mass is 10.2. The van der Waals surface area contributed by atoms with Crippen molar-refractivity contribution in [2.75, 3.05) is 11.4 Å². The van der Waals surface area contributed by atoms with Crippen molar-refractivity contribution in [3.63, 3.8) is 0 Å². The van der Waals surface area contributed by atoms with Crippen LogP contribution < -0.4 is 9.62 Å². The van der Waals surface area contributed by atoms with E-state index in [-0.39, 0.29) is 16.6 Å². The Morgan fingerprint density at radius 2 is 1.73 bits per heavy atom. The maximum Gasteiger partial charge on any atom is 0.245 e. The fourth-order valence-electron chi connectivity index (χ4n) is 2.79. The van der Waals surface area contributed by atoms with E-state index in [2.05, 4.69) is 4.72 Å². The van der Waals surface area contributed by atoms with Gasteiger partial charge in [0.05, 0.1) is 4.90 Å². The highest BCUT2D eigenvalue weighted by molar-refractivity contribution is 7.89. The molecule has 0 unspecified atom stereocenters. The minimum absolute atomic E-state index is 0.0180. The summed E-state index contributed by atoms with van der Waals surface area (Å²) in [5, 5.41) is 0. The van der Waals surface area contributed by atoms with Gasteiger partial charge < -0.3 is 4.90 Å². The van der Waals surface area contributed by atoms with Crippen LogP contribution in [0.15, 0.2) is 53.4 Å². The van der Waals surface area contributed by atoms with Crippen LogP contribution in [0.5, 0.6) is 0 Å². The van der Waals surface area contributed by atoms with Crippen LogP contribution in [0, 0.1) is 5.82 Å². The maximum atomic E-state index is 13.0. The molecular weight excluding hydrogens is 359 g/mol. The van der Waals surface area contributed by atoms with Gasteiger partial charge in [-0.1, -0.05) is 12.1 Å². The number of carbonyl (C=O) groups excluding carboxylic acids is 2. The van der Waals surface area contributed by atoms with Crippen molar-refractivity contribution in [1.82, 2.24) is 4.72 Å². The molecule has 0 radical (unpaired) electrons. The van der Waals surface area contributed by atoms with E-state index >= 15 is 0 Å². The van der Waals surface area contributed by atoms with Crippen LogP contribution in [-0.2, 0) is 14.8 Å². The highest BCUT2D eigenvalue weighted by Gasteiger charge is 2.35. The van der Waals surface area contributed by atoms with Crippen LogP contribution in [0.1, 0.15) is 23.7 Å². The third-order valence-electron chi connectivity index (χ3n) is 4.21. The normalized spacial score (nSPS) is 17.5. The number of carbonyl (C=O) groups is 2. The smallest absolute Gasteiger partial charge is 0.245 e. The lowest BCUT2D eigenvalue weighted by Crippen LogP contribution is -2.41. The minimum atomic E-state index is -3.90. The number of halogens is 1. The second kappa shape index (κ2) is 6.97. The molecule has 3 rings (SSSR count). The van der Waals surface area contributed by atoms with Crippen LogP contribution in [0.3, 0.4) is 0 Å². The van der Waals surface area contributed by atoms with Gasteiger partial charge in [-0.25, -0.2) is 12.8 Å². The maximum absolute atomic E-state index is 13.0. The summed E-state index contributed by atoms with van der Waals surface area (Å²) in [5.41, 5.74) is 0.923. The van der Waals surface area contributed by atoms with Crippen molar-refractivity contribution in [2.45, 2.75) is 24.3 Å². The third kappa shape index (κ3) is 3.66. The van der Waals surface area contributed by atoms with Gasteiger partial charge in [0.2, 0.25) is 15.9 Å². The summed E-state index contributed by atoms with van der Waals surface area (Å²) in [5.74, 6) is -0.963. The Kier molecular flexibility index (Phi) is 4.88. The third-order valence-corrected chi connectivity index (χ3v) is 5.70. The highest BCUT2D eigenvalue weighted by Crippen LogP contribution is 2.23. The Morgan fingerprint density at radius 3 is 2.31 bits per heavy atom. The average Bonchev–Trinajstić information content (AvgIpc) is 2.96. The lowest BCUT2D eigenvalue weighted by Gasteiger charge is -2.17. The fraction of sp³-hybridized carbons (Fsp3) is 0.222. The molecule has 0 spiro atoms. The van der Waals surface area contributed by atoms with Crippen LogP contribution in [0.25, 0.3) is 0 Å². The summed E-state index contributed by atoms with van der Waals surface area (Å²) in [6.45, 7) is 1.73. The Labute approximate surface area is 150 Å². The first-order valence-electron chi connectivity index (χ1n) is 7.98. The van der Waals surface area contributed by atoms with Gasteiger partial charge in [0.25, 0.3) is 0 Å². The lowest BCUT2D eigenvalue weighted by molar-refractivity contribution is -0.118. The van der Waals surface area contributed by atoms with Crippen LogP contribution >= 0.6 is 0 Å². The van der Waals surface area contributed by atoms with Gasteiger partial charge in [-0.15, -0.1) is 0 Å². The van der Waals surface area contributed by atoms with Crippen LogP contribution in [0.2, 0.25) is 0 Å². The van der Waals surface area contributed by atoms with E-state index in [1.165, 1.54) is 60.4 Å². The molecule has 136 valence electrons. The molecule has 2 aromatic rings. The number of hydrogen-bond acceptors (Lipinski definition) is 4. The summed E-state index contributed by atoms with van der Waals surface area (Å²) in [4.78, 5) is 25.2. The zero-order chi connectivity index (χ0) is 18.9. The fourth-order valence-corrected chi connectivity index (χ4v) is 4.01. The van der Waals surface area contributed by atoms with E-state index in [0.717, 1.165) is 0 Å². The summed E-state index contributed by atoms with van der Waals surface area (Å²) in [7, 11) is -3.90. The molecule has 2 aromatic carbocycles. The Bertz CT molecular complexity index is 940. The van der Waals surface area contributed by atoms with Gasteiger partial charge in [0.1, 0.15) is 11.9 Å². The molecule has 6 nitrogen and oxygen atoms in total. The van der Waals surface area contributed by atoms with Gasteiger partial charge in [-0.05, 0) is 49.7 Å². The Balaban J connectivity index is 1.75. The largest absolute Gasteiger partial charge is 0.311 e. The number of hydrogen-bond donors (Lipinski definition) is 1. The summed E-state index contributed by atoms with van der Waals surface area (Å²) in [6, 6.07) is 10.1. The Hall–Kier alpha value is -2.58. The van der Waals surface area contributed by atoms with E-state index in [1.807, 2.05) is 0 Å². The number of rotatable bonds is 5. The van der Waals surface area contributed by atoms with E-state index in [9.17, 15) is 22.4 Å². The number of nitrogens with one attached hydrogen (secondary N) is 1. The first-order valence-corrected chi connectivity index (χ1v) is 9.46. The van der Waals surface area contributed by atoms with Gasteiger partial charge in [-0.3, -0.25) is 9.59 Å². The minimum Gasteiger partial charge on any atom is -0.311 e. The van der Waals surface area contributed by atoms with Crippen molar-refractivity contribution in [2.24, 2.45) is 0 Å². The number of sulfonamides is 1. The van der Waals surface area contributed by atoms with Crippen molar-refractivity contribution in [3.8, 4) is 0 Å². The molecule has 0 aromatic heterocycles. The second-order valence-corrected chi connectivity index (χ2v) is 7.72. The molecule has 1 atom stereocenters. The van der Waals surface area contributed by atoms with Gasteiger partial charge in [-0.2, -0.15) is 4.72 Å². The van der Waals surface area contributed by atoms with Gasteiger partial charge >= 0.3 is 0 Å². The number of benzene rings is 2. The number of anilines is 1. The number of amides is 1. The molecule has 1 fully saturated rings. The van der Waals surface area contributed by atoms with E-state index in [1.54, 1.807) is 0 Å². The molecule has 1 saturated heterocycles. The topological polar surface area (TPSA) is 83.6 Å². The van der Waals surface area contributed by atoms with E-state index in [0.29, 0.717) is 24.2 Å². The quantitative estimate of drug-likeness (QED) is 0.810. The first kappa shape index (κ1) is 18.2. The number of Topliss-reactive ketones (excluding diaryl/α,β-unsaturated/α-hetero) is 1. The van der Waals surface area contributed by atoms with Crippen molar-refractivity contribution < 1.29 is 22.4 Å². The monoisotopic (exact) mass is 376 g/mol. The number of nitrogens with zero attached hydrogens (tertiary/aromatic N) is 1. The molecule has 1 aliphatic rings. The molecule has 1 heterocycles. The SMILES string of the molecule is CC(=O)c1ccc(S(=O)(=O)N[C@@H]2CCN(c3ccc(F)cc3)C2=O)cc1. The predicted octanol–water partition coefficient (Wildman–Crippen LogP) is 2.11. The molecule has 0 bridgehead atoms. The molecule has 1 amide bonds. The van der Waals surface area contributed by atoms with Crippen molar-refractivity contribution >= 4 is 27.4 Å². The molecule has 0 saturated carbocycles. The zero-order valence-corrected chi connectivity index (χ0v) is 14.8. The molecular formula is C18H17FN2O4S. The Morgan fingerprint density at radius 1 is 1.12 bits per heavy atom. The number of ketones is 1. The summed E-state index contributed by atoms with van der Waals surface area (Å²) in [6.07, 6.45) is 0.307. The summed E-state index contributed by atoms with van der Waals surface area (Å²) >= 11 is 0.